The van der Waals surface area contributed by atoms with Crippen molar-refractivity contribution in [2.24, 2.45) is 11.7 Å². The van der Waals surface area contributed by atoms with Crippen LogP contribution < -0.4 is 10.6 Å². The summed E-state index contributed by atoms with van der Waals surface area (Å²) >= 11 is 5.79. The van der Waals surface area contributed by atoms with Crippen LogP contribution in [0.1, 0.15) is 6.42 Å². The van der Waals surface area contributed by atoms with Gasteiger partial charge in [0.1, 0.15) is 5.82 Å². The summed E-state index contributed by atoms with van der Waals surface area (Å²) in [5.41, 5.74) is 5.99. The third-order valence-corrected chi connectivity index (χ3v) is 3.59. The van der Waals surface area contributed by atoms with E-state index in [0.29, 0.717) is 23.0 Å². The smallest absolute Gasteiger partial charge is 0.128 e. The Kier molecular flexibility index (Phi) is 1.73. The molecule has 0 amide bonds. The lowest BCUT2D eigenvalue weighted by molar-refractivity contribution is 0.311. The van der Waals surface area contributed by atoms with E-state index < -0.39 is 0 Å². The number of rotatable bonds is 1. The summed E-state index contributed by atoms with van der Waals surface area (Å²) in [6.45, 7) is 1.06. The van der Waals surface area contributed by atoms with Crippen molar-refractivity contribution < 1.29 is 0 Å². The largest absolute Gasteiger partial charge is 0.352 e. The fourth-order valence-electron chi connectivity index (χ4n) is 2.46. The van der Waals surface area contributed by atoms with Gasteiger partial charge in [-0.05, 0) is 24.5 Å². The minimum Gasteiger partial charge on any atom is -0.352 e. The molecule has 3 aliphatic rings. The second-order valence-corrected chi connectivity index (χ2v) is 4.56. The van der Waals surface area contributed by atoms with Crippen LogP contribution in [0.2, 0.25) is 5.02 Å². The standard InChI is InChI=1S/C10H12ClN3/c11-7-1-2-9(13-4-7)14-5-6-3-8(14)10(6)12/h1-2,4,6,8,10H,3,5,12H2. The lowest BCUT2D eigenvalue weighted by Gasteiger charge is -2.33. The highest BCUT2D eigenvalue weighted by Crippen LogP contribution is 2.41. The summed E-state index contributed by atoms with van der Waals surface area (Å²) in [6, 6.07) is 4.71. The van der Waals surface area contributed by atoms with E-state index in [2.05, 4.69) is 9.88 Å². The molecule has 3 atom stereocenters. The lowest BCUT2D eigenvalue weighted by Crippen LogP contribution is -2.49. The Balaban J connectivity index is 1.87. The van der Waals surface area contributed by atoms with E-state index in [0.717, 1.165) is 12.4 Å². The van der Waals surface area contributed by atoms with Crippen LogP contribution in [0.15, 0.2) is 18.3 Å². The maximum absolute atomic E-state index is 5.99. The summed E-state index contributed by atoms with van der Waals surface area (Å²) < 4.78 is 0. The molecule has 2 saturated heterocycles. The van der Waals surface area contributed by atoms with Crippen molar-refractivity contribution >= 4 is 17.4 Å². The Bertz CT molecular complexity index is 351. The number of hydrogen-bond acceptors (Lipinski definition) is 3. The Hall–Kier alpha value is -0.800. The van der Waals surface area contributed by atoms with Gasteiger partial charge in [-0.1, -0.05) is 11.6 Å². The first-order chi connectivity index (χ1) is 6.75. The fourth-order valence-corrected chi connectivity index (χ4v) is 2.58. The molecule has 1 saturated carbocycles. The summed E-state index contributed by atoms with van der Waals surface area (Å²) in [7, 11) is 0. The average Bonchev–Trinajstić information content (AvgIpc) is 2.75. The molecule has 2 aliphatic heterocycles. The lowest BCUT2D eigenvalue weighted by atomic mass is 9.81. The Morgan fingerprint density at radius 3 is 2.86 bits per heavy atom. The van der Waals surface area contributed by atoms with Crippen LogP contribution in [0.25, 0.3) is 0 Å². The Labute approximate surface area is 87.9 Å². The van der Waals surface area contributed by atoms with Crippen LogP contribution in [0.5, 0.6) is 0 Å². The molecule has 4 heteroatoms. The number of nitrogens with zero attached hydrogens (tertiary/aromatic N) is 2. The van der Waals surface area contributed by atoms with E-state index in [1.807, 2.05) is 12.1 Å². The number of pyridine rings is 1. The zero-order valence-corrected chi connectivity index (χ0v) is 8.48. The van der Waals surface area contributed by atoms with Gasteiger partial charge >= 0.3 is 0 Å². The van der Waals surface area contributed by atoms with Crippen molar-refractivity contribution in [3.63, 3.8) is 0 Å². The predicted molar refractivity (Wildman–Crippen MR) is 56.5 cm³/mol. The molecule has 1 aromatic heterocycles. The van der Waals surface area contributed by atoms with E-state index in [4.69, 9.17) is 17.3 Å². The van der Waals surface area contributed by atoms with E-state index >= 15 is 0 Å². The summed E-state index contributed by atoms with van der Waals surface area (Å²) in [5, 5.41) is 0.685. The summed E-state index contributed by atoms with van der Waals surface area (Å²) in [5.74, 6) is 1.69. The number of nitrogens with two attached hydrogens (primary N) is 1. The van der Waals surface area contributed by atoms with Crippen LogP contribution in [0.4, 0.5) is 5.82 Å². The third-order valence-electron chi connectivity index (χ3n) is 3.37. The molecule has 4 rings (SSSR count). The van der Waals surface area contributed by atoms with E-state index in [1.54, 1.807) is 6.20 Å². The van der Waals surface area contributed by atoms with Crippen LogP contribution in [-0.4, -0.2) is 23.6 Å². The zero-order valence-electron chi connectivity index (χ0n) is 7.73. The molecular formula is C10H12ClN3. The molecule has 0 spiro atoms. The molecule has 3 nitrogen and oxygen atoms in total. The van der Waals surface area contributed by atoms with Gasteiger partial charge in [0.15, 0.2) is 0 Å². The van der Waals surface area contributed by atoms with Crippen molar-refractivity contribution in [2.75, 3.05) is 11.4 Å². The Morgan fingerprint density at radius 2 is 2.36 bits per heavy atom. The summed E-state index contributed by atoms with van der Waals surface area (Å²) in [4.78, 5) is 6.61. The first kappa shape index (κ1) is 8.50. The molecule has 74 valence electrons. The molecule has 3 heterocycles. The highest BCUT2D eigenvalue weighted by molar-refractivity contribution is 6.30. The molecule has 2 bridgehead atoms. The molecule has 1 aromatic rings. The van der Waals surface area contributed by atoms with Gasteiger partial charge in [0.2, 0.25) is 0 Å². The topological polar surface area (TPSA) is 42.1 Å². The monoisotopic (exact) mass is 209 g/mol. The number of hydrogen-bond donors (Lipinski definition) is 1. The van der Waals surface area contributed by atoms with Gasteiger partial charge in [0.25, 0.3) is 0 Å². The average molecular weight is 210 g/mol. The van der Waals surface area contributed by atoms with Gasteiger partial charge in [-0.3, -0.25) is 0 Å². The molecule has 0 aromatic carbocycles. The molecule has 0 radical (unpaired) electrons. The van der Waals surface area contributed by atoms with Gasteiger partial charge in [0.05, 0.1) is 5.02 Å². The quantitative estimate of drug-likeness (QED) is 0.758. The number of aromatic nitrogens is 1. The van der Waals surface area contributed by atoms with Crippen molar-refractivity contribution in [3.8, 4) is 0 Å². The zero-order chi connectivity index (χ0) is 9.71. The van der Waals surface area contributed by atoms with Gasteiger partial charge in [-0.15, -0.1) is 0 Å². The molecule has 3 unspecified atom stereocenters. The molecular weight excluding hydrogens is 198 g/mol. The first-order valence-electron chi connectivity index (χ1n) is 4.89. The number of halogens is 1. The van der Waals surface area contributed by atoms with E-state index in [1.165, 1.54) is 6.42 Å². The van der Waals surface area contributed by atoms with Crippen molar-refractivity contribution in [2.45, 2.75) is 18.5 Å². The maximum Gasteiger partial charge on any atom is 0.128 e. The van der Waals surface area contributed by atoms with Crippen LogP contribution in [-0.2, 0) is 0 Å². The van der Waals surface area contributed by atoms with Crippen LogP contribution >= 0.6 is 11.6 Å². The maximum atomic E-state index is 5.99. The molecule has 3 fully saturated rings. The SMILES string of the molecule is NC1C2CC1N(c1ccc(Cl)cn1)C2. The highest BCUT2D eigenvalue weighted by atomic mass is 35.5. The number of anilines is 1. The first-order valence-corrected chi connectivity index (χ1v) is 5.27. The van der Waals surface area contributed by atoms with Gasteiger partial charge in [0, 0.05) is 24.8 Å². The van der Waals surface area contributed by atoms with Crippen LogP contribution in [0.3, 0.4) is 0 Å². The van der Waals surface area contributed by atoms with Crippen molar-refractivity contribution in [1.29, 1.82) is 0 Å². The van der Waals surface area contributed by atoms with Gasteiger partial charge < -0.3 is 10.6 Å². The van der Waals surface area contributed by atoms with Gasteiger partial charge in [-0.25, -0.2) is 4.98 Å². The fraction of sp³-hybridized carbons (Fsp3) is 0.500. The summed E-state index contributed by atoms with van der Waals surface area (Å²) in [6.07, 6.45) is 2.92. The molecule has 14 heavy (non-hydrogen) atoms. The molecule has 2 N–H and O–H groups in total. The Morgan fingerprint density at radius 1 is 1.50 bits per heavy atom. The van der Waals surface area contributed by atoms with E-state index in [9.17, 15) is 0 Å². The van der Waals surface area contributed by atoms with Crippen molar-refractivity contribution in [1.82, 2.24) is 4.98 Å². The normalized spacial score (nSPS) is 34.4. The second-order valence-electron chi connectivity index (χ2n) is 4.13. The van der Waals surface area contributed by atoms with Gasteiger partial charge in [-0.2, -0.15) is 0 Å². The molecule has 1 aliphatic carbocycles. The van der Waals surface area contributed by atoms with Crippen molar-refractivity contribution in [3.05, 3.63) is 23.4 Å². The van der Waals surface area contributed by atoms with E-state index in [-0.39, 0.29) is 0 Å². The predicted octanol–water partition coefficient (Wildman–Crippen LogP) is 1.27. The second kappa shape index (κ2) is 2.84. The number of fused-ring (bicyclic) bond motifs is 1. The minimum absolute atomic E-state index is 0.354. The minimum atomic E-state index is 0.354. The van der Waals surface area contributed by atoms with Crippen LogP contribution in [0, 0.1) is 5.92 Å². The highest BCUT2D eigenvalue weighted by Gasteiger charge is 2.50. The third kappa shape index (κ3) is 1.06.